The summed E-state index contributed by atoms with van der Waals surface area (Å²) in [5.41, 5.74) is 2.09. The van der Waals surface area contributed by atoms with Gasteiger partial charge in [-0.25, -0.2) is 4.98 Å². The van der Waals surface area contributed by atoms with Crippen molar-refractivity contribution in [3.05, 3.63) is 46.2 Å². The molecule has 2 aromatic heterocycles. The van der Waals surface area contributed by atoms with Crippen LogP contribution >= 0.6 is 11.3 Å². The zero-order chi connectivity index (χ0) is 17.9. The number of nitrogens with zero attached hydrogens (tertiary/aromatic N) is 4. The van der Waals surface area contributed by atoms with Gasteiger partial charge in [0.15, 0.2) is 0 Å². The molecule has 0 bridgehead atoms. The van der Waals surface area contributed by atoms with Gasteiger partial charge in [-0.05, 0) is 32.3 Å². The van der Waals surface area contributed by atoms with Gasteiger partial charge in [0.1, 0.15) is 0 Å². The van der Waals surface area contributed by atoms with Crippen molar-refractivity contribution < 1.29 is 9.53 Å². The number of hydrogen-bond donors (Lipinski definition) is 0. The molecule has 4 rings (SSSR count). The molecule has 2 aliphatic rings. The average molecular weight is 372 g/mol. The maximum absolute atomic E-state index is 12.8. The first-order chi connectivity index (χ1) is 12.7. The SMILES string of the molecule is Cc1nc(COCC[C@H]2CN(C(=O)C3CC=CC3)Cc3ccnn32)cs1. The van der Waals surface area contributed by atoms with E-state index in [1.165, 1.54) is 0 Å². The summed E-state index contributed by atoms with van der Waals surface area (Å²) >= 11 is 1.64. The van der Waals surface area contributed by atoms with Gasteiger partial charge in [-0.2, -0.15) is 5.10 Å². The normalized spacial score (nSPS) is 19.9. The third kappa shape index (κ3) is 3.73. The van der Waals surface area contributed by atoms with Crippen molar-refractivity contribution in [1.29, 1.82) is 0 Å². The van der Waals surface area contributed by atoms with Crippen molar-refractivity contribution in [2.45, 2.75) is 45.4 Å². The Balaban J connectivity index is 1.34. The Morgan fingerprint density at radius 3 is 3.00 bits per heavy atom. The van der Waals surface area contributed by atoms with Crippen LogP contribution in [0.3, 0.4) is 0 Å². The number of carbonyl (C=O) groups is 1. The second-order valence-corrected chi connectivity index (χ2v) is 8.04. The Hall–Kier alpha value is -1.99. The number of amides is 1. The van der Waals surface area contributed by atoms with Crippen molar-refractivity contribution in [1.82, 2.24) is 19.7 Å². The Morgan fingerprint density at radius 1 is 1.38 bits per heavy atom. The molecule has 3 heterocycles. The molecule has 1 aliphatic heterocycles. The first kappa shape index (κ1) is 17.4. The number of thiazole rings is 1. The summed E-state index contributed by atoms with van der Waals surface area (Å²) in [6.45, 7) is 4.54. The fourth-order valence-electron chi connectivity index (χ4n) is 3.72. The van der Waals surface area contributed by atoms with Crippen LogP contribution in [0.15, 0.2) is 29.8 Å². The minimum Gasteiger partial charge on any atom is -0.375 e. The van der Waals surface area contributed by atoms with Crippen LogP contribution in [0.25, 0.3) is 0 Å². The maximum Gasteiger partial charge on any atom is 0.226 e. The molecule has 6 nitrogen and oxygen atoms in total. The monoisotopic (exact) mass is 372 g/mol. The zero-order valence-electron chi connectivity index (χ0n) is 15.0. The molecule has 1 atom stereocenters. The fraction of sp³-hybridized carbons (Fsp3) is 0.526. The second-order valence-electron chi connectivity index (χ2n) is 6.98. The summed E-state index contributed by atoms with van der Waals surface area (Å²) in [7, 11) is 0. The lowest BCUT2D eigenvalue weighted by molar-refractivity contribution is -0.137. The Kier molecular flexibility index (Phi) is 5.17. The molecule has 7 heteroatoms. The van der Waals surface area contributed by atoms with Gasteiger partial charge in [0, 0.05) is 30.6 Å². The second kappa shape index (κ2) is 7.72. The van der Waals surface area contributed by atoms with E-state index in [1.807, 2.05) is 29.5 Å². The van der Waals surface area contributed by atoms with Gasteiger partial charge in [0.05, 0.1) is 35.6 Å². The van der Waals surface area contributed by atoms with Gasteiger partial charge in [0.25, 0.3) is 0 Å². The molecule has 0 saturated carbocycles. The maximum atomic E-state index is 12.8. The molecule has 2 aromatic rings. The van der Waals surface area contributed by atoms with Gasteiger partial charge >= 0.3 is 0 Å². The van der Waals surface area contributed by atoms with Crippen molar-refractivity contribution in [3.63, 3.8) is 0 Å². The number of ether oxygens (including phenoxy) is 1. The van der Waals surface area contributed by atoms with Gasteiger partial charge in [-0.15, -0.1) is 11.3 Å². The number of aryl methyl sites for hydroxylation is 1. The predicted octanol–water partition coefficient (Wildman–Crippen LogP) is 3.10. The van der Waals surface area contributed by atoms with Crippen LogP contribution < -0.4 is 0 Å². The van der Waals surface area contributed by atoms with Gasteiger partial charge in [-0.1, -0.05) is 12.2 Å². The highest BCUT2D eigenvalue weighted by atomic mass is 32.1. The van der Waals surface area contributed by atoms with Gasteiger partial charge in [-0.3, -0.25) is 9.48 Å². The van der Waals surface area contributed by atoms with E-state index in [2.05, 4.69) is 26.9 Å². The summed E-state index contributed by atoms with van der Waals surface area (Å²) in [5, 5.41) is 7.57. The van der Waals surface area contributed by atoms with E-state index in [0.717, 1.165) is 35.7 Å². The molecule has 1 amide bonds. The van der Waals surface area contributed by atoms with Crippen LogP contribution in [0.5, 0.6) is 0 Å². The first-order valence-electron chi connectivity index (χ1n) is 9.15. The largest absolute Gasteiger partial charge is 0.375 e. The van der Waals surface area contributed by atoms with E-state index in [1.54, 1.807) is 11.3 Å². The number of rotatable bonds is 6. The van der Waals surface area contributed by atoms with E-state index < -0.39 is 0 Å². The van der Waals surface area contributed by atoms with E-state index >= 15 is 0 Å². The highest BCUT2D eigenvalue weighted by Crippen LogP contribution is 2.27. The van der Waals surface area contributed by atoms with E-state index in [0.29, 0.717) is 26.3 Å². The molecular formula is C19H24N4O2S. The molecule has 0 radical (unpaired) electrons. The molecule has 26 heavy (non-hydrogen) atoms. The summed E-state index contributed by atoms with van der Waals surface area (Å²) in [5.74, 6) is 0.389. The van der Waals surface area contributed by atoms with Crippen LogP contribution in [0.4, 0.5) is 0 Å². The Morgan fingerprint density at radius 2 is 2.23 bits per heavy atom. The topological polar surface area (TPSA) is 60.2 Å². The lowest BCUT2D eigenvalue weighted by atomic mass is 10.0. The molecule has 0 saturated heterocycles. The standard InChI is InChI=1S/C19H24N4O2S/c1-14-21-16(13-26-14)12-25-9-7-18-11-22(10-17-6-8-20-23(17)18)19(24)15-4-2-3-5-15/h2-3,6,8,13,15,18H,4-5,7,9-12H2,1H3/t18-/m0/s1. The van der Waals surface area contributed by atoms with Gasteiger partial charge < -0.3 is 9.64 Å². The van der Waals surface area contributed by atoms with Crippen molar-refractivity contribution >= 4 is 17.2 Å². The third-order valence-corrected chi connectivity index (χ3v) is 5.89. The lowest BCUT2D eigenvalue weighted by Crippen LogP contribution is -2.43. The Labute approximate surface area is 157 Å². The molecule has 0 aromatic carbocycles. The minimum atomic E-state index is 0.120. The van der Waals surface area contributed by atoms with Crippen LogP contribution in [-0.2, 0) is 22.7 Å². The summed E-state index contributed by atoms with van der Waals surface area (Å²) < 4.78 is 7.88. The molecule has 0 spiro atoms. The van der Waals surface area contributed by atoms with Crippen LogP contribution in [0, 0.1) is 12.8 Å². The fourth-order valence-corrected chi connectivity index (χ4v) is 4.31. The smallest absolute Gasteiger partial charge is 0.226 e. The average Bonchev–Trinajstić information content (AvgIpc) is 3.39. The highest BCUT2D eigenvalue weighted by molar-refractivity contribution is 7.09. The van der Waals surface area contributed by atoms with Crippen molar-refractivity contribution in [2.75, 3.05) is 13.2 Å². The minimum absolute atomic E-state index is 0.120. The first-order valence-corrected chi connectivity index (χ1v) is 10.0. The van der Waals surface area contributed by atoms with E-state index in [4.69, 9.17) is 4.74 Å². The number of carbonyl (C=O) groups excluding carboxylic acids is 1. The molecular weight excluding hydrogens is 348 g/mol. The number of fused-ring (bicyclic) bond motifs is 1. The summed E-state index contributed by atoms with van der Waals surface area (Å²) in [6.07, 6.45) is 8.63. The molecule has 0 N–H and O–H groups in total. The highest BCUT2D eigenvalue weighted by Gasteiger charge is 2.32. The van der Waals surface area contributed by atoms with Crippen molar-refractivity contribution in [3.8, 4) is 0 Å². The quantitative estimate of drug-likeness (QED) is 0.577. The lowest BCUT2D eigenvalue weighted by Gasteiger charge is -2.35. The van der Waals surface area contributed by atoms with Crippen LogP contribution in [0.1, 0.15) is 41.7 Å². The number of hydrogen-bond acceptors (Lipinski definition) is 5. The van der Waals surface area contributed by atoms with E-state index in [-0.39, 0.29) is 17.9 Å². The molecule has 0 fully saturated rings. The van der Waals surface area contributed by atoms with Crippen LogP contribution in [-0.4, -0.2) is 38.7 Å². The third-order valence-electron chi connectivity index (χ3n) is 5.06. The van der Waals surface area contributed by atoms with Gasteiger partial charge in [0.2, 0.25) is 5.91 Å². The summed E-state index contributed by atoms with van der Waals surface area (Å²) in [6, 6.07) is 2.18. The summed E-state index contributed by atoms with van der Waals surface area (Å²) in [4.78, 5) is 19.2. The zero-order valence-corrected chi connectivity index (χ0v) is 15.8. The van der Waals surface area contributed by atoms with Crippen molar-refractivity contribution in [2.24, 2.45) is 5.92 Å². The predicted molar refractivity (Wildman–Crippen MR) is 99.7 cm³/mol. The molecule has 0 unspecified atom stereocenters. The van der Waals surface area contributed by atoms with E-state index in [9.17, 15) is 4.79 Å². The molecule has 1 aliphatic carbocycles. The van der Waals surface area contributed by atoms with Crippen LogP contribution in [0.2, 0.25) is 0 Å². The number of allylic oxidation sites excluding steroid dienone is 2. The Bertz CT molecular complexity index is 789. The number of aromatic nitrogens is 3. The molecule has 138 valence electrons.